The van der Waals surface area contributed by atoms with E-state index < -0.39 is 0 Å². The molecule has 110 valence electrons. The second kappa shape index (κ2) is 4.22. The molecule has 4 nitrogen and oxygen atoms in total. The topological polar surface area (TPSA) is 49.4 Å². The molecule has 4 saturated carbocycles. The Morgan fingerprint density at radius 3 is 2.15 bits per heavy atom. The molecule has 1 atom stereocenters. The summed E-state index contributed by atoms with van der Waals surface area (Å²) in [5, 5.41) is 2.85. The van der Waals surface area contributed by atoms with Crippen molar-refractivity contribution in [2.75, 3.05) is 6.54 Å². The van der Waals surface area contributed by atoms with Gasteiger partial charge < -0.3 is 10.2 Å². The molecule has 0 radical (unpaired) electrons. The Bertz CT molecular complexity index is 424. The average Bonchev–Trinajstić information content (AvgIpc) is 2.39. The summed E-state index contributed by atoms with van der Waals surface area (Å²) in [5.74, 6) is 2.62. The number of carbonyl (C=O) groups is 2. The maximum atomic E-state index is 12.7. The summed E-state index contributed by atoms with van der Waals surface area (Å²) in [6, 6.07) is -0.288. The number of carbonyl (C=O) groups excluding carboxylic acids is 2. The lowest BCUT2D eigenvalue weighted by Crippen LogP contribution is -2.68. The molecule has 20 heavy (non-hydrogen) atoms. The molecular weight excluding hydrogens is 252 g/mol. The predicted molar refractivity (Wildman–Crippen MR) is 74.8 cm³/mol. The van der Waals surface area contributed by atoms with Crippen LogP contribution in [0.15, 0.2) is 0 Å². The summed E-state index contributed by atoms with van der Waals surface area (Å²) < 4.78 is 0. The minimum absolute atomic E-state index is 0.0248. The number of piperazine rings is 1. The van der Waals surface area contributed by atoms with Gasteiger partial charge in [0.15, 0.2) is 0 Å². The molecule has 1 N–H and O–H groups in total. The van der Waals surface area contributed by atoms with Gasteiger partial charge >= 0.3 is 0 Å². The highest BCUT2D eigenvalue weighted by atomic mass is 16.2. The largest absolute Gasteiger partial charge is 0.343 e. The second-order valence-corrected chi connectivity index (χ2v) is 7.59. The van der Waals surface area contributed by atoms with Crippen molar-refractivity contribution in [1.82, 2.24) is 10.2 Å². The Morgan fingerprint density at radius 2 is 1.65 bits per heavy atom. The first-order valence-corrected chi connectivity index (χ1v) is 8.20. The number of hydrogen-bond donors (Lipinski definition) is 1. The highest BCUT2D eigenvalue weighted by Crippen LogP contribution is 2.58. The van der Waals surface area contributed by atoms with Gasteiger partial charge in [-0.05, 0) is 62.7 Å². The normalized spacial score (nSPS) is 46.8. The van der Waals surface area contributed by atoms with E-state index in [0.717, 1.165) is 37.0 Å². The van der Waals surface area contributed by atoms with Crippen molar-refractivity contribution in [3.8, 4) is 0 Å². The fourth-order valence-electron chi connectivity index (χ4n) is 5.79. The van der Waals surface area contributed by atoms with E-state index in [1.165, 1.54) is 19.3 Å². The minimum Gasteiger partial charge on any atom is -0.343 e. The molecule has 1 aliphatic heterocycles. The van der Waals surface area contributed by atoms with E-state index in [1.807, 2.05) is 11.8 Å². The molecule has 5 rings (SSSR count). The Hall–Kier alpha value is -1.06. The van der Waals surface area contributed by atoms with E-state index in [9.17, 15) is 9.59 Å². The van der Waals surface area contributed by atoms with E-state index >= 15 is 0 Å². The molecule has 1 heterocycles. The van der Waals surface area contributed by atoms with Crippen LogP contribution in [0.2, 0.25) is 0 Å². The van der Waals surface area contributed by atoms with Crippen LogP contribution in [0.1, 0.15) is 51.9 Å². The number of amides is 2. The van der Waals surface area contributed by atoms with Gasteiger partial charge in [0.05, 0.1) is 0 Å². The zero-order valence-corrected chi connectivity index (χ0v) is 12.2. The zero-order valence-electron chi connectivity index (χ0n) is 12.2. The van der Waals surface area contributed by atoms with Crippen LogP contribution in [0, 0.1) is 17.8 Å². The van der Waals surface area contributed by atoms with E-state index in [2.05, 4.69) is 5.32 Å². The summed E-state index contributed by atoms with van der Waals surface area (Å²) in [4.78, 5) is 26.7. The van der Waals surface area contributed by atoms with Crippen molar-refractivity contribution >= 4 is 11.8 Å². The van der Waals surface area contributed by atoms with Crippen molar-refractivity contribution < 1.29 is 9.59 Å². The van der Waals surface area contributed by atoms with Crippen molar-refractivity contribution in [1.29, 1.82) is 0 Å². The summed E-state index contributed by atoms with van der Waals surface area (Å²) >= 11 is 0. The lowest BCUT2D eigenvalue weighted by atomic mass is 9.52. The summed E-state index contributed by atoms with van der Waals surface area (Å²) in [5.41, 5.74) is 0.0248. The first-order chi connectivity index (χ1) is 9.59. The van der Waals surface area contributed by atoms with Crippen LogP contribution in [0.3, 0.4) is 0 Å². The van der Waals surface area contributed by atoms with Crippen LogP contribution in [-0.2, 0) is 9.59 Å². The standard InChI is InChI=1S/C16H24N2O2/c1-2-13-15(20)18(9-14(19)17-13)16-6-10-3-11(7-16)5-12(4-10)8-16/h10-13H,2-9H2,1H3,(H,17,19). The van der Waals surface area contributed by atoms with E-state index in [4.69, 9.17) is 0 Å². The number of nitrogens with zero attached hydrogens (tertiary/aromatic N) is 1. The van der Waals surface area contributed by atoms with Crippen LogP contribution in [0.5, 0.6) is 0 Å². The molecule has 1 unspecified atom stereocenters. The maximum absolute atomic E-state index is 12.7. The molecule has 1 saturated heterocycles. The predicted octanol–water partition coefficient (Wildman–Crippen LogP) is 1.69. The molecule has 4 heteroatoms. The van der Waals surface area contributed by atoms with Gasteiger partial charge in [-0.3, -0.25) is 9.59 Å². The third kappa shape index (κ3) is 1.73. The van der Waals surface area contributed by atoms with Gasteiger partial charge in [-0.15, -0.1) is 0 Å². The Kier molecular flexibility index (Phi) is 2.67. The van der Waals surface area contributed by atoms with Crippen LogP contribution in [-0.4, -0.2) is 34.8 Å². The highest BCUT2D eigenvalue weighted by Gasteiger charge is 2.56. The quantitative estimate of drug-likeness (QED) is 0.834. The highest BCUT2D eigenvalue weighted by molar-refractivity contribution is 5.95. The van der Waals surface area contributed by atoms with Crippen molar-refractivity contribution in [3.63, 3.8) is 0 Å². The van der Waals surface area contributed by atoms with Gasteiger partial charge in [-0.25, -0.2) is 0 Å². The van der Waals surface area contributed by atoms with Gasteiger partial charge in [-0.2, -0.15) is 0 Å². The van der Waals surface area contributed by atoms with E-state index in [0.29, 0.717) is 13.0 Å². The van der Waals surface area contributed by atoms with Crippen LogP contribution in [0.4, 0.5) is 0 Å². The van der Waals surface area contributed by atoms with Gasteiger partial charge in [0.1, 0.15) is 12.6 Å². The zero-order chi connectivity index (χ0) is 13.9. The Labute approximate surface area is 120 Å². The molecular formula is C16H24N2O2. The van der Waals surface area contributed by atoms with Crippen molar-refractivity contribution in [2.24, 2.45) is 17.8 Å². The van der Waals surface area contributed by atoms with Crippen LogP contribution < -0.4 is 5.32 Å². The van der Waals surface area contributed by atoms with Gasteiger partial charge in [0.25, 0.3) is 0 Å². The lowest BCUT2D eigenvalue weighted by molar-refractivity contribution is -0.162. The third-order valence-corrected chi connectivity index (χ3v) is 6.19. The van der Waals surface area contributed by atoms with Crippen LogP contribution >= 0.6 is 0 Å². The van der Waals surface area contributed by atoms with E-state index in [1.54, 1.807) is 0 Å². The molecule has 4 aliphatic carbocycles. The second-order valence-electron chi connectivity index (χ2n) is 7.59. The molecule has 2 amide bonds. The fraction of sp³-hybridized carbons (Fsp3) is 0.875. The summed E-state index contributed by atoms with van der Waals surface area (Å²) in [6.45, 7) is 2.27. The first-order valence-electron chi connectivity index (χ1n) is 8.20. The smallest absolute Gasteiger partial charge is 0.246 e. The monoisotopic (exact) mass is 276 g/mol. The summed E-state index contributed by atoms with van der Waals surface area (Å²) in [6.07, 6.45) is 8.24. The maximum Gasteiger partial charge on any atom is 0.246 e. The molecule has 0 aromatic carbocycles. The molecule has 5 aliphatic rings. The first kappa shape index (κ1) is 12.7. The molecule has 4 bridgehead atoms. The van der Waals surface area contributed by atoms with Crippen LogP contribution in [0.25, 0.3) is 0 Å². The molecule has 5 fully saturated rings. The minimum atomic E-state index is -0.288. The Morgan fingerprint density at radius 1 is 1.10 bits per heavy atom. The Balaban J connectivity index is 1.65. The third-order valence-electron chi connectivity index (χ3n) is 6.19. The summed E-state index contributed by atoms with van der Waals surface area (Å²) in [7, 11) is 0. The van der Waals surface area contributed by atoms with E-state index in [-0.39, 0.29) is 23.4 Å². The molecule has 0 spiro atoms. The number of rotatable bonds is 2. The fourth-order valence-corrected chi connectivity index (χ4v) is 5.79. The molecule has 0 aromatic heterocycles. The van der Waals surface area contributed by atoms with Crippen molar-refractivity contribution in [2.45, 2.75) is 63.5 Å². The SMILES string of the molecule is CCC1NC(=O)CN(C23CC4CC(CC(C4)C2)C3)C1=O. The van der Waals surface area contributed by atoms with Gasteiger partial charge in [0, 0.05) is 5.54 Å². The number of hydrogen-bond acceptors (Lipinski definition) is 2. The average molecular weight is 276 g/mol. The van der Waals surface area contributed by atoms with Gasteiger partial charge in [-0.1, -0.05) is 6.92 Å². The molecule has 0 aromatic rings. The lowest BCUT2D eigenvalue weighted by Gasteiger charge is -2.61. The van der Waals surface area contributed by atoms with Crippen molar-refractivity contribution in [3.05, 3.63) is 0 Å². The number of nitrogens with one attached hydrogen (secondary N) is 1. The van der Waals surface area contributed by atoms with Gasteiger partial charge in [0.2, 0.25) is 11.8 Å².